The maximum absolute atomic E-state index is 13.0. The summed E-state index contributed by atoms with van der Waals surface area (Å²) in [5, 5.41) is 4.29. The van der Waals surface area contributed by atoms with Gasteiger partial charge < -0.3 is 5.32 Å². The fraction of sp³-hybridized carbons (Fsp3) is 0.615. The topological polar surface area (TPSA) is 24.9 Å². The molecule has 0 aliphatic heterocycles. The Morgan fingerprint density at radius 1 is 1.47 bits per heavy atom. The van der Waals surface area contributed by atoms with Gasteiger partial charge in [0, 0.05) is 24.0 Å². The molecule has 17 heavy (non-hydrogen) atoms. The summed E-state index contributed by atoms with van der Waals surface area (Å²) in [6.07, 6.45) is 10.2. The highest BCUT2D eigenvalue weighted by atomic mass is 32.2. The number of pyridine rings is 1. The third-order valence-electron chi connectivity index (χ3n) is 3.32. The van der Waals surface area contributed by atoms with Gasteiger partial charge in [-0.15, -0.1) is 0 Å². The number of nitrogens with zero attached hydrogens (tertiary/aromatic N) is 1. The van der Waals surface area contributed by atoms with Crippen LogP contribution in [0.5, 0.6) is 0 Å². The van der Waals surface area contributed by atoms with Crippen molar-refractivity contribution in [2.45, 2.75) is 43.5 Å². The Hall–Kier alpha value is -0.610. The molecule has 2 atom stereocenters. The van der Waals surface area contributed by atoms with Crippen LogP contribution in [0, 0.1) is 5.82 Å². The van der Waals surface area contributed by atoms with E-state index in [2.05, 4.69) is 16.6 Å². The van der Waals surface area contributed by atoms with Crippen LogP contribution >= 0.6 is 11.8 Å². The molecule has 1 aromatic rings. The minimum absolute atomic E-state index is 0.255. The Morgan fingerprint density at radius 2 is 2.35 bits per heavy atom. The van der Waals surface area contributed by atoms with Gasteiger partial charge in [0.05, 0.1) is 6.20 Å². The van der Waals surface area contributed by atoms with Crippen LogP contribution in [0.15, 0.2) is 18.5 Å². The lowest BCUT2D eigenvalue weighted by Gasteiger charge is -2.28. The van der Waals surface area contributed by atoms with E-state index in [1.807, 2.05) is 11.8 Å². The van der Waals surface area contributed by atoms with E-state index in [1.165, 1.54) is 31.9 Å². The molecule has 1 aliphatic rings. The van der Waals surface area contributed by atoms with Crippen LogP contribution in [-0.2, 0) is 6.54 Å². The van der Waals surface area contributed by atoms with E-state index >= 15 is 0 Å². The zero-order valence-electron chi connectivity index (χ0n) is 10.2. The van der Waals surface area contributed by atoms with Gasteiger partial charge in [0.1, 0.15) is 5.82 Å². The third-order valence-corrected chi connectivity index (χ3v) is 4.41. The van der Waals surface area contributed by atoms with Crippen molar-refractivity contribution in [3.05, 3.63) is 29.8 Å². The molecule has 0 spiro atoms. The molecule has 1 aliphatic carbocycles. The lowest BCUT2D eigenvalue weighted by molar-refractivity contribution is 0.379. The maximum Gasteiger partial charge on any atom is 0.141 e. The molecule has 0 aromatic carbocycles. The fourth-order valence-electron chi connectivity index (χ4n) is 2.36. The number of aromatic nitrogens is 1. The fourth-order valence-corrected chi connectivity index (χ4v) is 3.19. The molecule has 1 fully saturated rings. The van der Waals surface area contributed by atoms with E-state index in [4.69, 9.17) is 0 Å². The second-order valence-corrected chi connectivity index (χ2v) is 5.75. The molecule has 0 saturated heterocycles. The molecular weight excluding hydrogens is 235 g/mol. The smallest absolute Gasteiger partial charge is 0.141 e. The molecule has 4 heteroatoms. The summed E-state index contributed by atoms with van der Waals surface area (Å²) in [7, 11) is 0. The van der Waals surface area contributed by atoms with Crippen molar-refractivity contribution < 1.29 is 4.39 Å². The number of hydrogen-bond donors (Lipinski definition) is 1. The average molecular weight is 254 g/mol. The van der Waals surface area contributed by atoms with Crippen molar-refractivity contribution in [1.29, 1.82) is 0 Å². The molecule has 1 N–H and O–H groups in total. The van der Waals surface area contributed by atoms with E-state index < -0.39 is 0 Å². The van der Waals surface area contributed by atoms with Gasteiger partial charge in [-0.25, -0.2) is 4.39 Å². The van der Waals surface area contributed by atoms with Crippen LogP contribution in [0.2, 0.25) is 0 Å². The van der Waals surface area contributed by atoms with E-state index in [9.17, 15) is 4.39 Å². The standard InChI is InChI=1S/C13H19FN2S/c1-17-13-4-2-3-12(6-13)16-8-10-5-11(14)9-15-7-10/h5,7,9,12-13,16H,2-4,6,8H2,1H3. The third kappa shape index (κ3) is 3.96. The summed E-state index contributed by atoms with van der Waals surface area (Å²) >= 11 is 1.96. The van der Waals surface area contributed by atoms with Gasteiger partial charge in [-0.3, -0.25) is 4.98 Å². The highest BCUT2D eigenvalue weighted by Gasteiger charge is 2.20. The first-order chi connectivity index (χ1) is 8.28. The minimum Gasteiger partial charge on any atom is -0.310 e. The largest absolute Gasteiger partial charge is 0.310 e. The SMILES string of the molecule is CSC1CCCC(NCc2cncc(F)c2)C1. The molecule has 2 rings (SSSR count). The summed E-state index contributed by atoms with van der Waals surface area (Å²) in [5.41, 5.74) is 0.927. The van der Waals surface area contributed by atoms with E-state index in [-0.39, 0.29) is 5.82 Å². The average Bonchev–Trinajstić information content (AvgIpc) is 2.37. The second kappa shape index (κ2) is 6.36. The van der Waals surface area contributed by atoms with Crippen molar-refractivity contribution in [2.75, 3.05) is 6.26 Å². The first-order valence-corrected chi connectivity index (χ1v) is 7.42. The van der Waals surface area contributed by atoms with Gasteiger partial charge in [-0.1, -0.05) is 6.42 Å². The zero-order valence-corrected chi connectivity index (χ0v) is 11.0. The van der Waals surface area contributed by atoms with Crippen LogP contribution in [-0.4, -0.2) is 22.5 Å². The molecule has 1 aromatic heterocycles. The van der Waals surface area contributed by atoms with Gasteiger partial charge in [-0.2, -0.15) is 11.8 Å². The summed E-state index contributed by atoms with van der Waals surface area (Å²) in [4.78, 5) is 3.86. The molecule has 0 radical (unpaired) electrons. The van der Waals surface area contributed by atoms with Crippen LogP contribution in [0.25, 0.3) is 0 Å². The summed E-state index contributed by atoms with van der Waals surface area (Å²) in [6.45, 7) is 0.719. The van der Waals surface area contributed by atoms with Crippen molar-refractivity contribution in [2.24, 2.45) is 0 Å². The molecule has 2 unspecified atom stereocenters. The molecule has 94 valence electrons. The van der Waals surface area contributed by atoms with Crippen molar-refractivity contribution >= 4 is 11.8 Å². The van der Waals surface area contributed by atoms with Gasteiger partial charge in [0.2, 0.25) is 0 Å². The minimum atomic E-state index is -0.255. The predicted molar refractivity (Wildman–Crippen MR) is 70.6 cm³/mol. The van der Waals surface area contributed by atoms with Crippen molar-refractivity contribution in [3.8, 4) is 0 Å². The number of halogens is 1. The van der Waals surface area contributed by atoms with Gasteiger partial charge in [0.15, 0.2) is 0 Å². The number of thioether (sulfide) groups is 1. The van der Waals surface area contributed by atoms with Crippen molar-refractivity contribution in [1.82, 2.24) is 10.3 Å². The van der Waals surface area contributed by atoms with E-state index in [0.717, 1.165) is 17.4 Å². The monoisotopic (exact) mass is 254 g/mol. The van der Waals surface area contributed by atoms with Crippen LogP contribution in [0.1, 0.15) is 31.2 Å². The highest BCUT2D eigenvalue weighted by Crippen LogP contribution is 2.26. The number of rotatable bonds is 4. The highest BCUT2D eigenvalue weighted by molar-refractivity contribution is 7.99. The lowest BCUT2D eigenvalue weighted by Crippen LogP contribution is -2.34. The number of nitrogens with one attached hydrogen (secondary N) is 1. The van der Waals surface area contributed by atoms with Crippen LogP contribution in [0.3, 0.4) is 0 Å². The quantitative estimate of drug-likeness (QED) is 0.894. The van der Waals surface area contributed by atoms with Gasteiger partial charge in [0.25, 0.3) is 0 Å². The Bertz CT molecular complexity index is 359. The van der Waals surface area contributed by atoms with Crippen LogP contribution < -0.4 is 5.32 Å². The second-order valence-electron chi connectivity index (χ2n) is 4.61. The normalized spacial score (nSPS) is 24.8. The Labute approximate surface area is 106 Å². The molecule has 2 nitrogen and oxygen atoms in total. The first-order valence-electron chi connectivity index (χ1n) is 6.13. The summed E-state index contributed by atoms with van der Waals surface area (Å²) in [5.74, 6) is -0.255. The van der Waals surface area contributed by atoms with E-state index in [1.54, 1.807) is 12.3 Å². The van der Waals surface area contributed by atoms with Crippen LogP contribution in [0.4, 0.5) is 4.39 Å². The van der Waals surface area contributed by atoms with Gasteiger partial charge >= 0.3 is 0 Å². The first kappa shape index (κ1) is 12.8. The molecule has 0 amide bonds. The summed E-state index contributed by atoms with van der Waals surface area (Å²) < 4.78 is 13.0. The van der Waals surface area contributed by atoms with Gasteiger partial charge in [-0.05, 0) is 37.1 Å². The Morgan fingerprint density at radius 3 is 3.12 bits per heavy atom. The molecule has 1 saturated carbocycles. The Balaban J connectivity index is 1.81. The summed E-state index contributed by atoms with van der Waals surface area (Å²) in [6, 6.07) is 2.12. The number of hydrogen-bond acceptors (Lipinski definition) is 3. The predicted octanol–water partition coefficient (Wildman–Crippen LogP) is 2.98. The molecular formula is C13H19FN2S. The lowest BCUT2D eigenvalue weighted by atomic mass is 9.95. The van der Waals surface area contributed by atoms with Crippen molar-refractivity contribution in [3.63, 3.8) is 0 Å². The molecule has 0 bridgehead atoms. The zero-order chi connectivity index (χ0) is 12.1. The maximum atomic E-state index is 13.0. The molecule has 1 heterocycles. The Kier molecular flexibility index (Phi) is 4.80. The van der Waals surface area contributed by atoms with E-state index in [0.29, 0.717) is 6.04 Å².